The number of ether oxygens (including phenoxy) is 1. The zero-order valence-electron chi connectivity index (χ0n) is 35.6. The van der Waals surface area contributed by atoms with E-state index in [2.05, 4.69) is 10.3 Å². The van der Waals surface area contributed by atoms with Crippen molar-refractivity contribution in [3.8, 4) is 0 Å². The molecule has 0 saturated carbocycles. The largest absolute Gasteiger partial charge is 0.381 e. The number of rotatable bonds is 6. The molecule has 0 unspecified atom stereocenters. The summed E-state index contributed by atoms with van der Waals surface area (Å²) in [5, 5.41) is 2.78. The second kappa shape index (κ2) is 12.1. The maximum absolute atomic E-state index is 14.2. The summed E-state index contributed by atoms with van der Waals surface area (Å²) in [4.78, 5) is 18.2. The number of benzene rings is 3. The van der Waals surface area contributed by atoms with Crippen LogP contribution in [0.4, 0.5) is 10.1 Å². The van der Waals surface area contributed by atoms with E-state index in [0.717, 1.165) is 28.3 Å². The molecule has 3 aromatic carbocycles. The van der Waals surface area contributed by atoms with Crippen LogP contribution in [0.3, 0.4) is 0 Å². The first-order chi connectivity index (χ1) is 25.0. The van der Waals surface area contributed by atoms with Gasteiger partial charge in [-0.05, 0) is 110 Å². The van der Waals surface area contributed by atoms with E-state index in [9.17, 15) is 10.6 Å². The number of fused-ring (bicyclic) bond motifs is 1. The minimum absolute atomic E-state index is 0.000991. The quantitative estimate of drug-likeness (QED) is 0.449. The van der Waals surface area contributed by atoms with Gasteiger partial charge in [0.15, 0.2) is 0 Å². The van der Waals surface area contributed by atoms with Crippen molar-refractivity contribution in [1.82, 2.24) is 10.2 Å². The molecule has 214 valence electrons. The van der Waals surface area contributed by atoms with Gasteiger partial charge in [0.1, 0.15) is 11.7 Å². The Balaban J connectivity index is 1.41. The van der Waals surface area contributed by atoms with Crippen LogP contribution in [0.15, 0.2) is 59.5 Å². The lowest BCUT2D eigenvalue weighted by molar-refractivity contribution is 0.0664. The number of carbonyl (C=O) groups excluding carboxylic acids is 1. The first-order valence-electron chi connectivity index (χ1n) is 20.0. The first kappa shape index (κ1) is 16.2. The molecular formula is C34H39FN4O2. The number of likely N-dealkylation sites (N-methyl/N-ethyl adjacent to an activating group) is 1. The minimum atomic E-state index is -3.72. The number of hydrogen-bond donors (Lipinski definition) is 1. The molecule has 7 heteroatoms. The Morgan fingerprint density at radius 2 is 1.98 bits per heavy atom. The average Bonchev–Trinajstić information content (AvgIpc) is 3.43. The summed E-state index contributed by atoms with van der Waals surface area (Å²) in [5.74, 6) is -1.07. The van der Waals surface area contributed by atoms with Crippen molar-refractivity contribution in [3.63, 3.8) is 0 Å². The molecule has 3 aromatic rings. The predicted octanol–water partition coefficient (Wildman–Crippen LogP) is 5.14. The fourth-order valence-electron chi connectivity index (χ4n) is 5.34. The van der Waals surface area contributed by atoms with Crippen molar-refractivity contribution >= 4 is 17.4 Å². The van der Waals surface area contributed by atoms with Gasteiger partial charge in [-0.3, -0.25) is 9.79 Å². The number of halogens is 1. The number of carbonyl (C=O) groups is 1. The molecule has 3 heterocycles. The summed E-state index contributed by atoms with van der Waals surface area (Å²) in [6, 6.07) is 9.86. The molecule has 2 saturated heterocycles. The van der Waals surface area contributed by atoms with Gasteiger partial charge in [0.05, 0.1) is 14.8 Å². The SMILES string of the molecule is [2H]c1cc(C(=O)NC2=NCc3ccc(Cc4cc(C)cc(F)c4)cc32)c(CC2CCOCC2)c([2H])c1N1C([2H])([2H])C([2H])([2H])N(C([2H])([2H])[2H])C([2H])([2H])C1([2H])[2H]. The molecule has 6 rings (SSSR count). The second-order valence-corrected chi connectivity index (χ2v) is 10.5. The van der Waals surface area contributed by atoms with E-state index >= 15 is 0 Å². The summed E-state index contributed by atoms with van der Waals surface area (Å²) < 4.78 is 130. The van der Waals surface area contributed by atoms with Gasteiger partial charge in [-0.2, -0.15) is 0 Å². The van der Waals surface area contributed by atoms with E-state index < -0.39 is 61.5 Å². The molecule has 3 aliphatic rings. The van der Waals surface area contributed by atoms with Crippen LogP contribution in [-0.2, 0) is 24.1 Å². The van der Waals surface area contributed by atoms with E-state index in [0.29, 0.717) is 38.0 Å². The lowest BCUT2D eigenvalue weighted by Gasteiger charge is -2.34. The molecule has 0 atom stereocenters. The number of hydrogen-bond acceptors (Lipinski definition) is 5. The maximum atomic E-state index is 14.2. The monoisotopic (exact) mass is 567 g/mol. The predicted molar refractivity (Wildman–Crippen MR) is 161 cm³/mol. The summed E-state index contributed by atoms with van der Waals surface area (Å²) in [7, 11) is 0. The molecule has 0 radical (unpaired) electrons. The van der Waals surface area contributed by atoms with Crippen molar-refractivity contribution in [3.05, 3.63) is 99.3 Å². The molecule has 6 nitrogen and oxygen atoms in total. The minimum Gasteiger partial charge on any atom is -0.381 e. The van der Waals surface area contributed by atoms with E-state index in [4.69, 9.17) is 21.2 Å². The summed E-state index contributed by atoms with van der Waals surface area (Å²) >= 11 is 0. The van der Waals surface area contributed by atoms with Gasteiger partial charge in [0, 0.05) is 65.6 Å². The van der Waals surface area contributed by atoms with Crippen LogP contribution in [0.5, 0.6) is 0 Å². The number of piperazine rings is 1. The summed E-state index contributed by atoms with van der Waals surface area (Å²) in [6.45, 7) is -15.6. The first-order valence-corrected chi connectivity index (χ1v) is 13.5. The Kier molecular flexibility index (Phi) is 4.79. The Hall–Kier alpha value is -3.55. The van der Waals surface area contributed by atoms with E-state index in [1.807, 2.05) is 24.3 Å². The van der Waals surface area contributed by atoms with Crippen LogP contribution in [0.25, 0.3) is 0 Å². The van der Waals surface area contributed by atoms with Crippen LogP contribution in [0, 0.1) is 18.7 Å². The van der Waals surface area contributed by atoms with Crippen LogP contribution in [0.2, 0.25) is 0 Å². The number of nitrogens with one attached hydrogen (secondary N) is 1. The van der Waals surface area contributed by atoms with Crippen molar-refractivity contribution < 1.29 is 31.7 Å². The summed E-state index contributed by atoms with van der Waals surface area (Å²) in [6.07, 6.45) is 1.48. The lowest BCUT2D eigenvalue weighted by atomic mass is 9.89. The van der Waals surface area contributed by atoms with Gasteiger partial charge in [0.2, 0.25) is 0 Å². The van der Waals surface area contributed by atoms with Gasteiger partial charge in [-0.15, -0.1) is 0 Å². The lowest BCUT2D eigenvalue weighted by Crippen LogP contribution is -2.44. The Labute approximate surface area is 260 Å². The van der Waals surface area contributed by atoms with Gasteiger partial charge in [0.25, 0.3) is 5.91 Å². The molecule has 1 amide bonds. The molecule has 0 spiro atoms. The molecule has 0 bridgehead atoms. The number of nitrogens with zero attached hydrogens (tertiary/aromatic N) is 3. The molecule has 1 N–H and O–H groups in total. The van der Waals surface area contributed by atoms with E-state index in [-0.39, 0.29) is 46.6 Å². The van der Waals surface area contributed by atoms with Gasteiger partial charge in [-0.1, -0.05) is 18.2 Å². The third kappa shape index (κ3) is 6.52. The number of anilines is 1. The van der Waals surface area contributed by atoms with Crippen molar-refractivity contribution in [1.29, 1.82) is 0 Å². The van der Waals surface area contributed by atoms with Crippen LogP contribution in [0.1, 0.15) is 74.4 Å². The van der Waals surface area contributed by atoms with Crippen LogP contribution >= 0.6 is 0 Å². The van der Waals surface area contributed by atoms with Crippen molar-refractivity contribution in [2.24, 2.45) is 10.9 Å². The molecule has 0 aromatic heterocycles. The number of amides is 1. The normalized spacial score (nSPS) is 27.7. The third-order valence-corrected chi connectivity index (χ3v) is 7.38. The topological polar surface area (TPSA) is 57.2 Å². The van der Waals surface area contributed by atoms with E-state index in [1.54, 1.807) is 6.92 Å². The molecule has 3 aliphatic heterocycles. The fraction of sp³-hybridized carbons (Fsp3) is 0.412. The highest BCUT2D eigenvalue weighted by Crippen LogP contribution is 2.28. The molecular weight excluding hydrogens is 515 g/mol. The molecule has 41 heavy (non-hydrogen) atoms. The Morgan fingerprint density at radius 1 is 1.15 bits per heavy atom. The van der Waals surface area contributed by atoms with Gasteiger partial charge in [-0.25, -0.2) is 4.39 Å². The smallest absolute Gasteiger partial charge is 0.257 e. The number of aliphatic imine (C=N–C) groups is 1. The Morgan fingerprint density at radius 3 is 2.76 bits per heavy atom. The Bertz CT molecular complexity index is 1970. The van der Waals surface area contributed by atoms with Gasteiger partial charge < -0.3 is 19.9 Å². The highest BCUT2D eigenvalue weighted by molar-refractivity contribution is 6.14. The zero-order chi connectivity index (χ0) is 39.8. The highest BCUT2D eigenvalue weighted by Gasteiger charge is 2.24. The fourth-order valence-corrected chi connectivity index (χ4v) is 5.34. The van der Waals surface area contributed by atoms with Gasteiger partial charge >= 0.3 is 0 Å². The van der Waals surface area contributed by atoms with Crippen LogP contribution < -0.4 is 10.2 Å². The van der Waals surface area contributed by atoms with Crippen LogP contribution in [-0.4, -0.2) is 62.8 Å². The zero-order valence-corrected chi connectivity index (χ0v) is 22.6. The molecule has 0 aliphatic carbocycles. The second-order valence-electron chi connectivity index (χ2n) is 10.5. The van der Waals surface area contributed by atoms with E-state index in [1.165, 1.54) is 12.1 Å². The summed E-state index contributed by atoms with van der Waals surface area (Å²) in [5.41, 5.74) is 2.75. The van der Waals surface area contributed by atoms with Crippen molar-refractivity contribution in [2.45, 2.75) is 39.2 Å². The standard InChI is InChI=1S/C34H39FN4O2/c1-23-15-26(19-29(35)16-23)17-25-3-4-27-22-36-33(32(27)20-25)37-34(40)31-6-5-30(39-11-9-38(2)10-12-39)21-28(31)18-24-7-13-41-14-8-24/h3-6,15-16,19-21,24H,7-14,17-18,22H2,1-2H3,(H,36,37,40)/i2D3,5D,9D2,10D2,11D2,12D2,21D. The maximum Gasteiger partial charge on any atom is 0.257 e. The average molecular weight is 568 g/mol. The third-order valence-electron chi connectivity index (χ3n) is 7.38. The number of aryl methyl sites for hydroxylation is 1. The van der Waals surface area contributed by atoms with Crippen molar-refractivity contribution in [2.75, 3.05) is 51.1 Å². The number of amidine groups is 1. The highest BCUT2D eigenvalue weighted by atomic mass is 19.1. The molecule has 2 fully saturated rings.